The van der Waals surface area contributed by atoms with E-state index >= 15 is 0 Å². The molecule has 0 spiro atoms. The van der Waals surface area contributed by atoms with Crippen LogP contribution in [0.25, 0.3) is 0 Å². The molecule has 1 aromatic heterocycles. The minimum atomic E-state index is 0. The third kappa shape index (κ3) is 4.73. The minimum Gasteiger partial charge on any atom is -1.00 e. The van der Waals surface area contributed by atoms with Gasteiger partial charge in [0, 0.05) is 11.6 Å². The van der Waals surface area contributed by atoms with E-state index in [0.29, 0.717) is 18.0 Å². The van der Waals surface area contributed by atoms with Gasteiger partial charge in [-0.3, -0.25) is 0 Å². The van der Waals surface area contributed by atoms with Crippen LogP contribution < -0.4 is 37.8 Å². The number of nitrogens with zero attached hydrogens (tertiary/aromatic N) is 1. The quantitative estimate of drug-likeness (QED) is 0.596. The monoisotopic (exact) mass is 385 g/mol. The zero-order valence-electron chi connectivity index (χ0n) is 13.2. The molecule has 3 aromatic rings. The Balaban J connectivity index is 0.00000208. The Kier molecular flexibility index (Phi) is 6.21. The van der Waals surface area contributed by atoms with Crippen molar-refractivity contribution in [1.29, 1.82) is 0 Å². The summed E-state index contributed by atoms with van der Waals surface area (Å²) in [6.45, 7) is 1.31. The van der Waals surface area contributed by atoms with Crippen molar-refractivity contribution in [2.45, 2.75) is 13.2 Å². The zero-order valence-corrected chi connectivity index (χ0v) is 14.8. The fourth-order valence-electron chi connectivity index (χ4n) is 2.31. The van der Waals surface area contributed by atoms with Gasteiger partial charge in [0.15, 0.2) is 18.9 Å². The van der Waals surface area contributed by atoms with Gasteiger partial charge in [-0.05, 0) is 29.8 Å². The van der Waals surface area contributed by atoms with E-state index in [9.17, 15) is 0 Å². The Morgan fingerprint density at radius 3 is 2.17 bits per heavy atom. The number of halogens is 1. The Morgan fingerprint density at radius 2 is 1.50 bits per heavy atom. The van der Waals surface area contributed by atoms with E-state index in [-0.39, 0.29) is 17.0 Å². The van der Waals surface area contributed by atoms with Gasteiger partial charge in [0.2, 0.25) is 0 Å². The Hall–Kier alpha value is -2.53. The van der Waals surface area contributed by atoms with E-state index in [1.165, 1.54) is 5.56 Å². The van der Waals surface area contributed by atoms with Gasteiger partial charge in [0.1, 0.15) is 18.0 Å². The second kappa shape index (κ2) is 8.36. The second-order valence-electron chi connectivity index (χ2n) is 5.45. The molecule has 0 atom stereocenters. The highest BCUT2D eigenvalue weighted by molar-refractivity contribution is 5.59. The number of benzene rings is 2. The summed E-state index contributed by atoms with van der Waals surface area (Å²) in [5.41, 5.74) is 15.1. The number of pyridine rings is 1. The second-order valence-corrected chi connectivity index (χ2v) is 5.45. The van der Waals surface area contributed by atoms with E-state index in [0.717, 1.165) is 17.9 Å². The molecule has 4 nitrogen and oxygen atoms in total. The number of nitrogen functional groups attached to an aromatic ring is 2. The van der Waals surface area contributed by atoms with Crippen molar-refractivity contribution in [3.63, 3.8) is 0 Å². The lowest BCUT2D eigenvalue weighted by Crippen LogP contribution is -3.00. The van der Waals surface area contributed by atoms with Crippen LogP contribution in [0.5, 0.6) is 5.75 Å². The van der Waals surface area contributed by atoms with Gasteiger partial charge in [-0.25, -0.2) is 0 Å². The highest BCUT2D eigenvalue weighted by atomic mass is 79.9. The van der Waals surface area contributed by atoms with Gasteiger partial charge in [0.05, 0.1) is 5.69 Å². The summed E-state index contributed by atoms with van der Waals surface area (Å²) in [5.74, 6) is 0.861. The largest absolute Gasteiger partial charge is 1.00 e. The molecule has 4 N–H and O–H groups in total. The van der Waals surface area contributed by atoms with E-state index < -0.39 is 0 Å². The van der Waals surface area contributed by atoms with Gasteiger partial charge in [-0.1, -0.05) is 30.3 Å². The van der Waals surface area contributed by atoms with Crippen molar-refractivity contribution in [1.82, 2.24) is 0 Å². The molecule has 0 aliphatic heterocycles. The van der Waals surface area contributed by atoms with Crippen molar-refractivity contribution >= 4 is 11.4 Å². The maximum atomic E-state index is 5.83. The molecule has 5 heteroatoms. The Labute approximate surface area is 152 Å². The van der Waals surface area contributed by atoms with Crippen LogP contribution >= 0.6 is 0 Å². The molecule has 24 heavy (non-hydrogen) atoms. The topological polar surface area (TPSA) is 65.1 Å². The molecule has 0 saturated heterocycles. The van der Waals surface area contributed by atoms with Crippen LogP contribution in [-0.4, -0.2) is 0 Å². The lowest BCUT2D eigenvalue weighted by Gasteiger charge is -2.07. The van der Waals surface area contributed by atoms with Crippen molar-refractivity contribution in [2.24, 2.45) is 0 Å². The lowest BCUT2D eigenvalue weighted by molar-refractivity contribution is -0.687. The van der Waals surface area contributed by atoms with Crippen LogP contribution in [0, 0.1) is 0 Å². The zero-order chi connectivity index (χ0) is 16.1. The number of hydrogen-bond donors (Lipinski definition) is 2. The van der Waals surface area contributed by atoms with E-state index in [1.54, 1.807) is 0 Å². The van der Waals surface area contributed by atoms with Crippen LogP contribution in [0.1, 0.15) is 11.1 Å². The Morgan fingerprint density at radius 1 is 0.792 bits per heavy atom. The summed E-state index contributed by atoms with van der Waals surface area (Å²) in [4.78, 5) is 0. The minimum absolute atomic E-state index is 0. The SMILES string of the molecule is Nc1cc[n+](Cc2ccc(OCc3ccccc3)cc2)cc1N.[Br-]. The molecule has 0 aliphatic carbocycles. The summed E-state index contributed by atoms with van der Waals surface area (Å²) in [6.07, 6.45) is 3.76. The van der Waals surface area contributed by atoms with Gasteiger partial charge in [-0.2, -0.15) is 4.57 Å². The molecule has 0 bridgehead atoms. The molecule has 0 unspecified atom stereocenters. The summed E-state index contributed by atoms with van der Waals surface area (Å²) < 4.78 is 7.79. The number of aromatic nitrogens is 1. The van der Waals surface area contributed by atoms with Crippen LogP contribution in [0.3, 0.4) is 0 Å². The molecule has 0 radical (unpaired) electrons. The van der Waals surface area contributed by atoms with E-state index in [1.807, 2.05) is 53.4 Å². The predicted molar refractivity (Wildman–Crippen MR) is 91.8 cm³/mol. The normalized spacial score (nSPS) is 10.0. The van der Waals surface area contributed by atoms with Crippen LogP contribution in [0.15, 0.2) is 73.1 Å². The van der Waals surface area contributed by atoms with Crippen LogP contribution in [0.4, 0.5) is 11.4 Å². The van der Waals surface area contributed by atoms with Crippen molar-refractivity contribution in [3.8, 4) is 5.75 Å². The average Bonchev–Trinajstić information content (AvgIpc) is 2.58. The first-order chi connectivity index (χ1) is 11.2. The van der Waals surface area contributed by atoms with Gasteiger partial charge < -0.3 is 33.2 Å². The summed E-state index contributed by atoms with van der Waals surface area (Å²) in [6, 6.07) is 20.0. The number of hydrogen-bond acceptors (Lipinski definition) is 3. The summed E-state index contributed by atoms with van der Waals surface area (Å²) >= 11 is 0. The molecule has 0 amide bonds. The van der Waals surface area contributed by atoms with Crippen molar-refractivity contribution in [3.05, 3.63) is 84.2 Å². The van der Waals surface area contributed by atoms with Gasteiger partial charge in [0.25, 0.3) is 0 Å². The molecular weight excluding hydrogens is 366 g/mol. The first-order valence-electron chi connectivity index (χ1n) is 7.50. The number of ether oxygens (including phenoxy) is 1. The average molecular weight is 386 g/mol. The van der Waals surface area contributed by atoms with Crippen molar-refractivity contribution in [2.75, 3.05) is 11.5 Å². The van der Waals surface area contributed by atoms with Crippen LogP contribution in [0.2, 0.25) is 0 Å². The van der Waals surface area contributed by atoms with Crippen LogP contribution in [-0.2, 0) is 13.2 Å². The maximum absolute atomic E-state index is 5.83. The molecule has 124 valence electrons. The van der Waals surface area contributed by atoms with E-state index in [4.69, 9.17) is 16.2 Å². The third-order valence-corrected chi connectivity index (χ3v) is 3.62. The molecular formula is C19H20BrN3O. The molecule has 1 heterocycles. The van der Waals surface area contributed by atoms with Gasteiger partial charge in [-0.15, -0.1) is 0 Å². The fourth-order valence-corrected chi connectivity index (χ4v) is 2.31. The summed E-state index contributed by atoms with van der Waals surface area (Å²) in [5, 5.41) is 0. The first-order valence-corrected chi connectivity index (χ1v) is 7.50. The van der Waals surface area contributed by atoms with Crippen molar-refractivity contribution < 1.29 is 26.3 Å². The smallest absolute Gasteiger partial charge is 0.194 e. The fraction of sp³-hybridized carbons (Fsp3) is 0.105. The molecule has 0 fully saturated rings. The third-order valence-electron chi connectivity index (χ3n) is 3.62. The Bertz CT molecular complexity index is 776. The highest BCUT2D eigenvalue weighted by Crippen LogP contribution is 2.15. The maximum Gasteiger partial charge on any atom is 0.194 e. The molecule has 2 aromatic carbocycles. The number of nitrogens with two attached hydrogens (primary N) is 2. The lowest BCUT2D eigenvalue weighted by atomic mass is 10.2. The molecule has 3 rings (SSSR count). The number of rotatable bonds is 5. The molecule has 0 aliphatic rings. The highest BCUT2D eigenvalue weighted by Gasteiger charge is 2.06. The first kappa shape index (κ1) is 17.8. The predicted octanol–water partition coefficient (Wildman–Crippen LogP) is -0.230. The number of anilines is 2. The van der Waals surface area contributed by atoms with Gasteiger partial charge >= 0.3 is 0 Å². The standard InChI is InChI=1S/C19H19N3O.BrH/c20-18-10-11-22(13-19(18)21)12-15-6-8-17(9-7-15)23-14-16-4-2-1-3-5-16;/h1-11,13,20H,12,14,21H2;1H. The summed E-state index contributed by atoms with van der Waals surface area (Å²) in [7, 11) is 0. The molecule has 0 saturated carbocycles. The van der Waals surface area contributed by atoms with E-state index in [2.05, 4.69) is 24.3 Å².